The Morgan fingerprint density at radius 2 is 2.19 bits per heavy atom. The first kappa shape index (κ1) is 13.0. The number of hydrogen-bond acceptors (Lipinski definition) is 3. The zero-order valence-corrected chi connectivity index (χ0v) is 10.7. The van der Waals surface area contributed by atoms with Crippen LogP contribution in [0, 0.1) is 0 Å². The minimum atomic E-state index is 0.474. The van der Waals surface area contributed by atoms with E-state index in [1.807, 2.05) is 12.3 Å². The molecule has 0 saturated carbocycles. The third-order valence-corrected chi connectivity index (χ3v) is 2.97. The molecule has 1 rings (SSSR count). The average molecular weight is 222 g/mol. The molecule has 0 bridgehead atoms. The molecule has 90 valence electrons. The zero-order chi connectivity index (χ0) is 12.0. The van der Waals surface area contributed by atoms with E-state index in [0.717, 1.165) is 13.0 Å². The van der Waals surface area contributed by atoms with Gasteiger partial charge in [-0.15, -0.1) is 0 Å². The summed E-state index contributed by atoms with van der Waals surface area (Å²) in [5.74, 6) is 1.21. The second-order valence-corrected chi connectivity index (χ2v) is 3.99. The molecular weight excluding hydrogens is 200 g/mol. The standard InChI is InChI=1S/C13H22N2O/c1-5-12(10(3)14-6-2)11-7-8-15-13(9-11)16-4/h7-10,12,14H,5-6H2,1-4H3. The summed E-state index contributed by atoms with van der Waals surface area (Å²) in [7, 11) is 1.65. The summed E-state index contributed by atoms with van der Waals surface area (Å²) in [6.07, 6.45) is 2.93. The highest BCUT2D eigenvalue weighted by atomic mass is 16.5. The summed E-state index contributed by atoms with van der Waals surface area (Å²) in [5.41, 5.74) is 1.29. The maximum Gasteiger partial charge on any atom is 0.213 e. The topological polar surface area (TPSA) is 34.2 Å². The fraction of sp³-hybridized carbons (Fsp3) is 0.615. The number of methoxy groups -OCH3 is 1. The van der Waals surface area contributed by atoms with Gasteiger partial charge in [-0.05, 0) is 37.4 Å². The van der Waals surface area contributed by atoms with Gasteiger partial charge >= 0.3 is 0 Å². The Bertz CT molecular complexity index is 315. The lowest BCUT2D eigenvalue weighted by Crippen LogP contribution is -2.31. The molecule has 1 aromatic rings. The zero-order valence-electron chi connectivity index (χ0n) is 10.7. The summed E-state index contributed by atoms with van der Waals surface area (Å²) in [6.45, 7) is 7.58. The second-order valence-electron chi connectivity index (χ2n) is 3.99. The van der Waals surface area contributed by atoms with E-state index in [-0.39, 0.29) is 0 Å². The van der Waals surface area contributed by atoms with Crippen molar-refractivity contribution >= 4 is 0 Å². The van der Waals surface area contributed by atoms with Gasteiger partial charge in [0.25, 0.3) is 0 Å². The smallest absolute Gasteiger partial charge is 0.213 e. The van der Waals surface area contributed by atoms with E-state index in [1.54, 1.807) is 7.11 Å². The number of hydrogen-bond donors (Lipinski definition) is 1. The van der Waals surface area contributed by atoms with Gasteiger partial charge in [0.15, 0.2) is 0 Å². The van der Waals surface area contributed by atoms with Crippen molar-refractivity contribution in [2.75, 3.05) is 13.7 Å². The van der Waals surface area contributed by atoms with Gasteiger partial charge in [0.1, 0.15) is 0 Å². The molecule has 0 aliphatic rings. The predicted molar refractivity (Wildman–Crippen MR) is 67.0 cm³/mol. The maximum atomic E-state index is 5.16. The minimum absolute atomic E-state index is 0.474. The molecule has 0 fully saturated rings. The normalized spacial score (nSPS) is 14.5. The van der Waals surface area contributed by atoms with Crippen LogP contribution >= 0.6 is 0 Å². The van der Waals surface area contributed by atoms with Crippen molar-refractivity contribution in [2.45, 2.75) is 39.2 Å². The van der Waals surface area contributed by atoms with E-state index in [9.17, 15) is 0 Å². The maximum absolute atomic E-state index is 5.16. The lowest BCUT2D eigenvalue weighted by atomic mass is 9.90. The highest BCUT2D eigenvalue weighted by molar-refractivity contribution is 5.25. The van der Waals surface area contributed by atoms with Crippen molar-refractivity contribution in [3.63, 3.8) is 0 Å². The number of rotatable bonds is 6. The Balaban J connectivity index is 2.85. The van der Waals surface area contributed by atoms with Crippen molar-refractivity contribution in [1.29, 1.82) is 0 Å². The monoisotopic (exact) mass is 222 g/mol. The Kier molecular flexibility index (Phi) is 5.26. The number of aromatic nitrogens is 1. The van der Waals surface area contributed by atoms with E-state index >= 15 is 0 Å². The first-order chi connectivity index (χ1) is 7.72. The third kappa shape index (κ3) is 3.20. The van der Waals surface area contributed by atoms with Crippen LogP contribution in [0.4, 0.5) is 0 Å². The fourth-order valence-electron chi connectivity index (χ4n) is 2.11. The molecule has 0 amide bonds. The molecule has 16 heavy (non-hydrogen) atoms. The van der Waals surface area contributed by atoms with Crippen LogP contribution in [-0.4, -0.2) is 24.7 Å². The molecular formula is C13H22N2O. The molecule has 0 saturated heterocycles. The molecule has 2 atom stereocenters. The quantitative estimate of drug-likeness (QED) is 0.803. The number of nitrogens with zero attached hydrogens (tertiary/aromatic N) is 1. The van der Waals surface area contributed by atoms with Crippen LogP contribution in [0.2, 0.25) is 0 Å². The van der Waals surface area contributed by atoms with Gasteiger partial charge < -0.3 is 10.1 Å². The minimum Gasteiger partial charge on any atom is -0.481 e. The second kappa shape index (κ2) is 6.48. The summed E-state index contributed by atoms with van der Waals surface area (Å²) in [6, 6.07) is 4.58. The Morgan fingerprint density at radius 1 is 1.44 bits per heavy atom. The van der Waals surface area contributed by atoms with Crippen molar-refractivity contribution in [2.24, 2.45) is 0 Å². The highest BCUT2D eigenvalue weighted by Crippen LogP contribution is 2.25. The van der Waals surface area contributed by atoms with E-state index in [1.165, 1.54) is 5.56 Å². The summed E-state index contributed by atoms with van der Waals surface area (Å²) < 4.78 is 5.16. The molecule has 3 heteroatoms. The summed E-state index contributed by atoms with van der Waals surface area (Å²) in [4.78, 5) is 4.14. The molecule has 0 aliphatic carbocycles. The SMILES string of the molecule is CCNC(C)C(CC)c1ccnc(OC)c1. The van der Waals surface area contributed by atoms with Crippen LogP contribution in [0.25, 0.3) is 0 Å². The number of likely N-dealkylation sites (N-methyl/N-ethyl adjacent to an activating group) is 1. The van der Waals surface area contributed by atoms with Crippen molar-refractivity contribution < 1.29 is 4.74 Å². The van der Waals surface area contributed by atoms with Crippen LogP contribution in [0.1, 0.15) is 38.7 Å². The molecule has 1 aromatic heterocycles. The molecule has 3 nitrogen and oxygen atoms in total. The van der Waals surface area contributed by atoms with Crippen LogP contribution in [0.3, 0.4) is 0 Å². The Hall–Kier alpha value is -1.09. The first-order valence-electron chi connectivity index (χ1n) is 5.96. The van der Waals surface area contributed by atoms with Crippen LogP contribution < -0.4 is 10.1 Å². The lowest BCUT2D eigenvalue weighted by Gasteiger charge is -2.24. The van der Waals surface area contributed by atoms with Crippen molar-refractivity contribution in [1.82, 2.24) is 10.3 Å². The largest absolute Gasteiger partial charge is 0.481 e. The predicted octanol–water partition coefficient (Wildman–Crippen LogP) is 2.58. The third-order valence-electron chi connectivity index (χ3n) is 2.97. The fourth-order valence-corrected chi connectivity index (χ4v) is 2.11. The van der Waals surface area contributed by atoms with E-state index in [4.69, 9.17) is 4.74 Å². The molecule has 2 unspecified atom stereocenters. The van der Waals surface area contributed by atoms with Crippen molar-refractivity contribution in [3.8, 4) is 5.88 Å². The highest BCUT2D eigenvalue weighted by Gasteiger charge is 2.17. The van der Waals surface area contributed by atoms with E-state index in [0.29, 0.717) is 17.8 Å². The molecule has 0 aliphatic heterocycles. The van der Waals surface area contributed by atoms with Crippen molar-refractivity contribution in [3.05, 3.63) is 23.9 Å². The van der Waals surface area contributed by atoms with Gasteiger partial charge in [-0.25, -0.2) is 4.98 Å². The van der Waals surface area contributed by atoms with E-state index < -0.39 is 0 Å². The lowest BCUT2D eigenvalue weighted by molar-refractivity contribution is 0.394. The van der Waals surface area contributed by atoms with Gasteiger partial charge in [0.05, 0.1) is 7.11 Å². The average Bonchev–Trinajstić information content (AvgIpc) is 2.31. The van der Waals surface area contributed by atoms with Gasteiger partial charge in [-0.2, -0.15) is 0 Å². The summed E-state index contributed by atoms with van der Waals surface area (Å²) >= 11 is 0. The summed E-state index contributed by atoms with van der Waals surface area (Å²) in [5, 5.41) is 3.47. The van der Waals surface area contributed by atoms with E-state index in [2.05, 4.69) is 37.1 Å². The van der Waals surface area contributed by atoms with Gasteiger partial charge in [0, 0.05) is 18.3 Å². The first-order valence-corrected chi connectivity index (χ1v) is 5.96. The molecule has 0 aromatic carbocycles. The Labute approximate surface area is 98.2 Å². The van der Waals surface area contributed by atoms with Crippen LogP contribution in [0.5, 0.6) is 5.88 Å². The number of nitrogens with one attached hydrogen (secondary N) is 1. The molecule has 0 radical (unpaired) electrons. The Morgan fingerprint density at radius 3 is 2.75 bits per heavy atom. The van der Waals surface area contributed by atoms with Gasteiger partial charge in [-0.3, -0.25) is 0 Å². The van der Waals surface area contributed by atoms with Gasteiger partial charge in [0.2, 0.25) is 5.88 Å². The number of pyridine rings is 1. The molecule has 1 heterocycles. The molecule has 0 spiro atoms. The van der Waals surface area contributed by atoms with Crippen LogP contribution in [-0.2, 0) is 0 Å². The number of ether oxygens (including phenoxy) is 1. The van der Waals surface area contributed by atoms with Gasteiger partial charge in [-0.1, -0.05) is 13.8 Å². The molecule has 1 N–H and O–H groups in total. The van der Waals surface area contributed by atoms with Crippen LogP contribution in [0.15, 0.2) is 18.3 Å².